The summed E-state index contributed by atoms with van der Waals surface area (Å²) in [6, 6.07) is 5.28. The Morgan fingerprint density at radius 3 is 2.58 bits per heavy atom. The van der Waals surface area contributed by atoms with E-state index in [4.69, 9.17) is 4.42 Å². The normalized spacial score (nSPS) is 11.5. The van der Waals surface area contributed by atoms with Crippen LogP contribution < -0.4 is 10.6 Å². The van der Waals surface area contributed by atoms with Gasteiger partial charge in [0.15, 0.2) is 0 Å². The Hall–Kier alpha value is -3.10. The molecular weight excluding hydrogens is 356 g/mol. The molecule has 2 aromatic rings. The fourth-order valence-electron chi connectivity index (χ4n) is 1.95. The molecule has 0 aliphatic rings. The zero-order valence-electron chi connectivity index (χ0n) is 13.3. The van der Waals surface area contributed by atoms with Crippen molar-refractivity contribution in [2.24, 2.45) is 0 Å². The number of hydrogen-bond acceptors (Lipinski definition) is 3. The van der Waals surface area contributed by atoms with E-state index in [1.165, 1.54) is 12.3 Å². The number of benzene rings is 1. The van der Waals surface area contributed by atoms with Gasteiger partial charge in [-0.05, 0) is 42.0 Å². The van der Waals surface area contributed by atoms with E-state index < -0.39 is 29.4 Å². The van der Waals surface area contributed by atoms with E-state index in [9.17, 15) is 27.2 Å². The predicted molar refractivity (Wildman–Crippen MR) is 84.0 cm³/mol. The molecule has 0 radical (unpaired) electrons. The van der Waals surface area contributed by atoms with Gasteiger partial charge in [-0.1, -0.05) is 0 Å². The van der Waals surface area contributed by atoms with Crippen LogP contribution in [0.15, 0.2) is 47.1 Å². The van der Waals surface area contributed by atoms with Crippen LogP contribution in [0.25, 0.3) is 6.08 Å². The number of alkyl halides is 3. The molecule has 138 valence electrons. The summed E-state index contributed by atoms with van der Waals surface area (Å²) in [5, 5.41) is 4.59. The van der Waals surface area contributed by atoms with E-state index in [-0.39, 0.29) is 18.7 Å². The van der Waals surface area contributed by atoms with Gasteiger partial charge in [0.05, 0.1) is 18.4 Å². The molecule has 0 aliphatic carbocycles. The summed E-state index contributed by atoms with van der Waals surface area (Å²) in [5.41, 5.74) is -1.19. The highest BCUT2D eigenvalue weighted by Gasteiger charge is 2.31. The summed E-state index contributed by atoms with van der Waals surface area (Å²) in [7, 11) is 0. The van der Waals surface area contributed by atoms with Crippen molar-refractivity contribution in [1.82, 2.24) is 10.6 Å². The molecule has 0 saturated carbocycles. The molecule has 5 nitrogen and oxygen atoms in total. The van der Waals surface area contributed by atoms with Gasteiger partial charge in [-0.15, -0.1) is 0 Å². The molecule has 26 heavy (non-hydrogen) atoms. The number of furan rings is 1. The fourth-order valence-corrected chi connectivity index (χ4v) is 1.95. The molecular formula is C17H14F4N2O3. The van der Waals surface area contributed by atoms with Crippen molar-refractivity contribution in [3.05, 3.63) is 65.4 Å². The van der Waals surface area contributed by atoms with Gasteiger partial charge < -0.3 is 15.1 Å². The van der Waals surface area contributed by atoms with E-state index in [2.05, 4.69) is 10.6 Å². The highest BCUT2D eigenvalue weighted by molar-refractivity contribution is 5.94. The van der Waals surface area contributed by atoms with Crippen LogP contribution in [0.2, 0.25) is 0 Å². The second-order valence-electron chi connectivity index (χ2n) is 5.19. The van der Waals surface area contributed by atoms with Gasteiger partial charge in [0.1, 0.15) is 11.6 Å². The van der Waals surface area contributed by atoms with Gasteiger partial charge >= 0.3 is 6.18 Å². The van der Waals surface area contributed by atoms with E-state index in [1.54, 1.807) is 12.1 Å². The van der Waals surface area contributed by atoms with Crippen molar-refractivity contribution in [2.45, 2.75) is 12.7 Å². The first-order valence-corrected chi connectivity index (χ1v) is 7.37. The predicted octanol–water partition coefficient (Wildman–Crippen LogP) is 2.88. The molecule has 0 spiro atoms. The van der Waals surface area contributed by atoms with Crippen LogP contribution in [-0.4, -0.2) is 18.4 Å². The van der Waals surface area contributed by atoms with Gasteiger partial charge in [-0.25, -0.2) is 4.39 Å². The minimum absolute atomic E-state index is 0.0466. The highest BCUT2D eigenvalue weighted by Crippen LogP contribution is 2.30. The SMILES string of the molecule is O=C(C=Cc1ccco1)NCC(=O)NCc1cc(F)cc(C(F)(F)F)c1. The Morgan fingerprint density at radius 1 is 1.15 bits per heavy atom. The second kappa shape index (κ2) is 8.32. The zero-order valence-corrected chi connectivity index (χ0v) is 13.3. The fraction of sp³-hybridized carbons (Fsp3) is 0.176. The van der Waals surface area contributed by atoms with Gasteiger partial charge in [0.25, 0.3) is 0 Å². The quantitative estimate of drug-likeness (QED) is 0.607. The number of nitrogens with one attached hydrogen (secondary N) is 2. The molecule has 0 fully saturated rings. The second-order valence-corrected chi connectivity index (χ2v) is 5.19. The van der Waals surface area contributed by atoms with Crippen LogP contribution in [0.4, 0.5) is 17.6 Å². The summed E-state index contributed by atoms with van der Waals surface area (Å²) < 4.78 is 56.1. The molecule has 2 amide bonds. The molecule has 1 aromatic carbocycles. The van der Waals surface area contributed by atoms with Crippen molar-refractivity contribution in [1.29, 1.82) is 0 Å². The average Bonchev–Trinajstić information content (AvgIpc) is 3.08. The Labute approximate surface area is 145 Å². The van der Waals surface area contributed by atoms with E-state index in [0.717, 1.165) is 18.2 Å². The van der Waals surface area contributed by atoms with E-state index in [1.807, 2.05) is 0 Å². The monoisotopic (exact) mass is 370 g/mol. The van der Waals surface area contributed by atoms with Crippen molar-refractivity contribution >= 4 is 17.9 Å². The maximum Gasteiger partial charge on any atom is 0.416 e. The van der Waals surface area contributed by atoms with Crippen LogP contribution in [0.3, 0.4) is 0 Å². The molecule has 0 aliphatic heterocycles. The zero-order chi connectivity index (χ0) is 19.2. The lowest BCUT2D eigenvalue weighted by molar-refractivity contribution is -0.137. The summed E-state index contributed by atoms with van der Waals surface area (Å²) in [4.78, 5) is 23.2. The van der Waals surface area contributed by atoms with Gasteiger partial charge in [-0.3, -0.25) is 9.59 Å². The first-order chi connectivity index (χ1) is 12.2. The highest BCUT2D eigenvalue weighted by atomic mass is 19.4. The Morgan fingerprint density at radius 2 is 1.92 bits per heavy atom. The van der Waals surface area contributed by atoms with Crippen LogP contribution in [0.1, 0.15) is 16.9 Å². The maximum absolute atomic E-state index is 13.3. The molecule has 0 atom stereocenters. The van der Waals surface area contributed by atoms with Crippen LogP contribution in [0.5, 0.6) is 0 Å². The lowest BCUT2D eigenvalue weighted by Gasteiger charge is -2.10. The molecule has 9 heteroatoms. The molecule has 0 unspecified atom stereocenters. The van der Waals surface area contributed by atoms with Gasteiger partial charge in [-0.2, -0.15) is 13.2 Å². The third-order valence-electron chi connectivity index (χ3n) is 3.14. The van der Waals surface area contributed by atoms with Gasteiger partial charge in [0, 0.05) is 12.6 Å². The third kappa shape index (κ3) is 6.08. The smallest absolute Gasteiger partial charge is 0.416 e. The molecule has 0 bridgehead atoms. The van der Waals surface area contributed by atoms with Crippen molar-refractivity contribution < 1.29 is 31.6 Å². The minimum atomic E-state index is -4.69. The summed E-state index contributed by atoms with van der Waals surface area (Å²) >= 11 is 0. The number of halogens is 4. The molecule has 1 heterocycles. The molecule has 1 aromatic heterocycles. The van der Waals surface area contributed by atoms with Crippen LogP contribution >= 0.6 is 0 Å². The number of hydrogen-bond donors (Lipinski definition) is 2. The lowest BCUT2D eigenvalue weighted by atomic mass is 10.1. The standard InChI is InChI=1S/C17H14F4N2O3/c18-13-7-11(6-12(8-13)17(19,20)21)9-22-16(25)10-23-15(24)4-3-14-2-1-5-26-14/h1-8H,9-10H2,(H,22,25)(H,23,24). The number of carbonyl (C=O) groups excluding carboxylic acids is 2. The maximum atomic E-state index is 13.3. The molecule has 2 rings (SSSR count). The number of carbonyl (C=O) groups is 2. The average molecular weight is 370 g/mol. The third-order valence-corrected chi connectivity index (χ3v) is 3.14. The minimum Gasteiger partial charge on any atom is -0.465 e. The molecule has 2 N–H and O–H groups in total. The van der Waals surface area contributed by atoms with Gasteiger partial charge in [0.2, 0.25) is 11.8 Å². The lowest BCUT2D eigenvalue weighted by Crippen LogP contribution is -2.35. The summed E-state index contributed by atoms with van der Waals surface area (Å²) in [6.07, 6.45) is -0.691. The summed E-state index contributed by atoms with van der Waals surface area (Å²) in [5.74, 6) is -1.79. The van der Waals surface area contributed by atoms with E-state index in [0.29, 0.717) is 11.8 Å². The van der Waals surface area contributed by atoms with Crippen LogP contribution in [-0.2, 0) is 22.3 Å². The van der Waals surface area contributed by atoms with E-state index >= 15 is 0 Å². The summed E-state index contributed by atoms with van der Waals surface area (Å²) in [6.45, 7) is -0.694. The topological polar surface area (TPSA) is 71.3 Å². The van der Waals surface area contributed by atoms with Crippen LogP contribution in [0, 0.1) is 5.82 Å². The molecule has 0 saturated heterocycles. The first kappa shape index (κ1) is 19.2. The van der Waals surface area contributed by atoms with Crippen molar-refractivity contribution in [3.63, 3.8) is 0 Å². The first-order valence-electron chi connectivity index (χ1n) is 7.37. The number of amides is 2. The Kier molecular flexibility index (Phi) is 6.16. The Balaban J connectivity index is 1.81. The largest absolute Gasteiger partial charge is 0.465 e. The van der Waals surface area contributed by atoms with Crippen molar-refractivity contribution in [3.8, 4) is 0 Å². The number of rotatable bonds is 6. The Bertz CT molecular complexity index is 799. The van der Waals surface area contributed by atoms with Crippen molar-refractivity contribution in [2.75, 3.05) is 6.54 Å².